The van der Waals surface area contributed by atoms with Gasteiger partial charge in [0.1, 0.15) is 29.1 Å². The lowest BCUT2D eigenvalue weighted by molar-refractivity contribution is -0.135. The molecule has 1 atom stereocenters. The van der Waals surface area contributed by atoms with Crippen molar-refractivity contribution in [3.05, 3.63) is 53.6 Å². The topological polar surface area (TPSA) is 108 Å². The predicted molar refractivity (Wildman–Crippen MR) is 200 cm³/mol. The maximum absolute atomic E-state index is 12.9. The van der Waals surface area contributed by atoms with Crippen molar-refractivity contribution >= 4 is 24.0 Å². The summed E-state index contributed by atoms with van der Waals surface area (Å²) in [6.45, 7) is 5.72. The van der Waals surface area contributed by atoms with Crippen LogP contribution in [0.15, 0.2) is 42.5 Å². The number of aliphatic hydroxyl groups excluding tert-OH is 1. The second-order valence-corrected chi connectivity index (χ2v) is 13.1. The van der Waals surface area contributed by atoms with Crippen LogP contribution in [0.5, 0.6) is 23.0 Å². The van der Waals surface area contributed by atoms with E-state index in [1.165, 1.54) is 103 Å². The fraction of sp³-hybridized carbons (Fsp3) is 0.595. The average molecular weight is 695 g/mol. The summed E-state index contributed by atoms with van der Waals surface area (Å²) in [4.78, 5) is 37.2. The third-order valence-corrected chi connectivity index (χ3v) is 8.66. The first kappa shape index (κ1) is 42.5. The third-order valence-electron chi connectivity index (χ3n) is 8.66. The molecule has 0 fully saturated rings. The number of benzene rings is 2. The number of hydrogen-bond donors (Lipinski definition) is 1. The molecule has 0 aliphatic carbocycles. The molecule has 0 aliphatic heterocycles. The Balaban J connectivity index is 2.06. The van der Waals surface area contributed by atoms with Gasteiger partial charge in [-0.3, -0.25) is 14.4 Å². The highest BCUT2D eigenvalue weighted by Crippen LogP contribution is 2.33. The molecule has 8 nitrogen and oxygen atoms in total. The highest BCUT2D eigenvalue weighted by Gasteiger charge is 2.16. The lowest BCUT2D eigenvalue weighted by Gasteiger charge is -2.14. The summed E-state index contributed by atoms with van der Waals surface area (Å²) in [6, 6.07) is 9.70. The van der Waals surface area contributed by atoms with Gasteiger partial charge in [-0.15, -0.1) is 0 Å². The Morgan fingerprint density at radius 2 is 1.10 bits per heavy atom. The van der Waals surface area contributed by atoms with Crippen LogP contribution in [0.4, 0.5) is 0 Å². The van der Waals surface area contributed by atoms with E-state index in [-0.39, 0.29) is 29.9 Å². The van der Waals surface area contributed by atoms with E-state index in [4.69, 9.17) is 18.9 Å². The Morgan fingerprint density at radius 1 is 0.620 bits per heavy atom. The molecule has 0 aromatic heterocycles. The monoisotopic (exact) mass is 694 g/mol. The number of methoxy groups -OCH3 is 1. The van der Waals surface area contributed by atoms with Gasteiger partial charge in [0, 0.05) is 43.0 Å². The molecule has 2 aromatic carbocycles. The Bertz CT molecular complexity index is 1300. The van der Waals surface area contributed by atoms with Gasteiger partial charge in [0.15, 0.2) is 0 Å². The largest absolute Gasteiger partial charge is 0.497 e. The van der Waals surface area contributed by atoms with Crippen molar-refractivity contribution in [1.82, 2.24) is 0 Å². The van der Waals surface area contributed by atoms with Crippen LogP contribution < -0.4 is 18.9 Å². The minimum absolute atomic E-state index is 0.177. The molecule has 0 amide bonds. The van der Waals surface area contributed by atoms with Crippen molar-refractivity contribution in [1.29, 1.82) is 0 Å². The zero-order valence-electron chi connectivity index (χ0n) is 31.1. The molecule has 0 aliphatic rings. The second kappa shape index (κ2) is 26.2. The molecular weight excluding hydrogens is 632 g/mol. The second-order valence-electron chi connectivity index (χ2n) is 13.1. The van der Waals surface area contributed by atoms with Crippen LogP contribution in [0.25, 0.3) is 6.08 Å². The summed E-state index contributed by atoms with van der Waals surface area (Å²) in [5, 5.41) is 11.0. The molecule has 1 unspecified atom stereocenters. The fourth-order valence-electron chi connectivity index (χ4n) is 5.75. The van der Waals surface area contributed by atoms with Gasteiger partial charge in [-0.2, -0.15) is 0 Å². The molecule has 278 valence electrons. The highest BCUT2D eigenvalue weighted by atomic mass is 16.5. The predicted octanol–water partition coefficient (Wildman–Crippen LogP) is 11.0. The normalized spacial score (nSPS) is 11.8. The molecule has 0 saturated carbocycles. The van der Waals surface area contributed by atoms with Crippen LogP contribution >= 0.6 is 0 Å². The lowest BCUT2D eigenvalue weighted by atomic mass is 10.1. The quantitative estimate of drug-likeness (QED) is 0.0559. The van der Waals surface area contributed by atoms with Crippen LogP contribution in [0, 0.1) is 0 Å². The van der Waals surface area contributed by atoms with Crippen LogP contribution in [-0.2, 0) is 14.4 Å². The molecule has 1 N–H and O–H groups in total. The van der Waals surface area contributed by atoms with Crippen molar-refractivity contribution in [3.63, 3.8) is 0 Å². The van der Waals surface area contributed by atoms with Crippen molar-refractivity contribution in [2.75, 3.05) is 7.11 Å². The summed E-state index contributed by atoms with van der Waals surface area (Å²) in [5.41, 5.74) is 0.883. The number of carbonyl (C=O) groups excluding carboxylic acids is 3. The van der Waals surface area contributed by atoms with Gasteiger partial charge in [0.2, 0.25) is 0 Å². The maximum atomic E-state index is 12.9. The summed E-state index contributed by atoms with van der Waals surface area (Å²) in [7, 11) is 1.50. The van der Waals surface area contributed by atoms with Gasteiger partial charge in [-0.25, -0.2) is 0 Å². The van der Waals surface area contributed by atoms with Crippen LogP contribution in [-0.4, -0.2) is 30.1 Å². The van der Waals surface area contributed by atoms with Gasteiger partial charge in [0.25, 0.3) is 0 Å². The summed E-state index contributed by atoms with van der Waals surface area (Å²) >= 11 is 0. The van der Waals surface area contributed by atoms with E-state index in [1.54, 1.807) is 36.4 Å². The smallest absolute Gasteiger partial charge is 0.311 e. The van der Waals surface area contributed by atoms with Crippen molar-refractivity contribution in [2.45, 2.75) is 155 Å². The minimum Gasteiger partial charge on any atom is -0.497 e. The van der Waals surface area contributed by atoms with Crippen molar-refractivity contribution < 1.29 is 38.4 Å². The first-order valence-electron chi connectivity index (χ1n) is 19.0. The van der Waals surface area contributed by atoms with Crippen LogP contribution in [0.2, 0.25) is 0 Å². The standard InChI is InChI=1S/C42H62O8/c1-5-7-9-11-13-15-17-19-21-23-41(45)49-36-27-25-34(26-30-38(44)37-29-28-35(47-4)31-40(37)48-33(3)43)39(32-36)50-42(46)24-22-20-18-16-14-12-10-8-6-2/h25-32,38,44H,5-24H2,1-4H3. The summed E-state index contributed by atoms with van der Waals surface area (Å²) in [6.07, 6.45) is 23.3. The van der Waals surface area contributed by atoms with Gasteiger partial charge >= 0.3 is 17.9 Å². The van der Waals surface area contributed by atoms with E-state index >= 15 is 0 Å². The number of hydrogen-bond acceptors (Lipinski definition) is 8. The first-order valence-corrected chi connectivity index (χ1v) is 19.0. The first-order chi connectivity index (χ1) is 24.3. The summed E-state index contributed by atoms with van der Waals surface area (Å²) < 4.78 is 22.0. The van der Waals surface area contributed by atoms with E-state index in [0.29, 0.717) is 29.0 Å². The molecule has 0 bridgehead atoms. The Labute approximate surface area is 300 Å². The highest BCUT2D eigenvalue weighted by molar-refractivity contribution is 5.76. The summed E-state index contributed by atoms with van der Waals surface area (Å²) in [5.74, 6) is -0.0369. The van der Waals surface area contributed by atoms with E-state index in [2.05, 4.69) is 13.8 Å². The van der Waals surface area contributed by atoms with E-state index < -0.39 is 12.1 Å². The number of rotatable bonds is 27. The minimum atomic E-state index is -1.14. The third kappa shape index (κ3) is 18.4. The number of aliphatic hydroxyl groups is 1. The fourth-order valence-corrected chi connectivity index (χ4v) is 5.75. The van der Waals surface area contributed by atoms with Crippen LogP contribution in [0.1, 0.15) is 166 Å². The molecule has 0 radical (unpaired) electrons. The van der Waals surface area contributed by atoms with Crippen LogP contribution in [0.3, 0.4) is 0 Å². The zero-order valence-corrected chi connectivity index (χ0v) is 31.1. The van der Waals surface area contributed by atoms with Gasteiger partial charge in [-0.05, 0) is 37.1 Å². The van der Waals surface area contributed by atoms with Gasteiger partial charge < -0.3 is 24.1 Å². The number of ether oxygens (including phenoxy) is 4. The lowest BCUT2D eigenvalue weighted by Crippen LogP contribution is -2.10. The van der Waals surface area contributed by atoms with E-state index in [0.717, 1.165) is 38.5 Å². The van der Waals surface area contributed by atoms with Crippen molar-refractivity contribution in [2.24, 2.45) is 0 Å². The molecular formula is C42H62O8. The van der Waals surface area contributed by atoms with E-state index in [1.807, 2.05) is 0 Å². The number of unbranched alkanes of at least 4 members (excludes halogenated alkanes) is 16. The average Bonchev–Trinajstić information content (AvgIpc) is 3.09. The maximum Gasteiger partial charge on any atom is 0.311 e. The molecule has 0 saturated heterocycles. The molecule has 2 rings (SSSR count). The van der Waals surface area contributed by atoms with E-state index in [9.17, 15) is 19.5 Å². The molecule has 8 heteroatoms. The molecule has 2 aromatic rings. The Kier molecular flexibility index (Phi) is 22.3. The molecule has 0 heterocycles. The zero-order chi connectivity index (χ0) is 36.4. The number of carbonyl (C=O) groups is 3. The molecule has 0 spiro atoms. The molecule has 50 heavy (non-hydrogen) atoms. The van der Waals surface area contributed by atoms with Gasteiger partial charge in [0.05, 0.1) is 7.11 Å². The number of esters is 3. The van der Waals surface area contributed by atoms with Crippen molar-refractivity contribution in [3.8, 4) is 23.0 Å². The Morgan fingerprint density at radius 3 is 1.62 bits per heavy atom. The Hall–Kier alpha value is -3.65. The van der Waals surface area contributed by atoms with Gasteiger partial charge in [-0.1, -0.05) is 129 Å². The SMILES string of the molecule is CCCCCCCCCCCC(=O)Oc1ccc(C=CC(O)c2ccc(OC)cc2OC(C)=O)c(OC(=O)CCCCCCCCCCC)c1.